The van der Waals surface area contributed by atoms with Crippen LogP contribution in [0.2, 0.25) is 0 Å². The summed E-state index contributed by atoms with van der Waals surface area (Å²) in [6.45, 7) is 5.86. The fourth-order valence-corrected chi connectivity index (χ4v) is 3.02. The van der Waals surface area contributed by atoms with Crippen LogP contribution in [0.3, 0.4) is 0 Å². The summed E-state index contributed by atoms with van der Waals surface area (Å²) in [6.07, 6.45) is 0. The topological polar surface area (TPSA) is 78.7 Å². The van der Waals surface area contributed by atoms with E-state index in [1.807, 2.05) is 43.3 Å². The molecule has 3 aromatic rings. The molecule has 0 fully saturated rings. The van der Waals surface area contributed by atoms with E-state index in [0.29, 0.717) is 24.6 Å². The predicted molar refractivity (Wildman–Crippen MR) is 112 cm³/mol. The normalized spacial score (nSPS) is 11.5. The van der Waals surface area contributed by atoms with E-state index in [2.05, 4.69) is 33.9 Å². The highest BCUT2D eigenvalue weighted by Gasteiger charge is 2.10. The van der Waals surface area contributed by atoms with E-state index in [0.717, 1.165) is 34.4 Å². The molecule has 3 rings (SSSR count). The van der Waals surface area contributed by atoms with E-state index in [4.69, 9.17) is 4.42 Å². The van der Waals surface area contributed by atoms with Crippen molar-refractivity contribution < 1.29 is 9.21 Å². The Balaban J connectivity index is 1.70. The van der Waals surface area contributed by atoms with Gasteiger partial charge in [-0.1, -0.05) is 30.3 Å². The quantitative estimate of drug-likeness (QED) is 0.454. The number of para-hydroxylation sites is 1. The maximum atomic E-state index is 11.8. The lowest BCUT2D eigenvalue weighted by atomic mass is 10.1. The third kappa shape index (κ3) is 4.52. The van der Waals surface area contributed by atoms with Crippen molar-refractivity contribution in [1.29, 1.82) is 0 Å². The molecule has 28 heavy (non-hydrogen) atoms. The van der Waals surface area contributed by atoms with E-state index in [1.165, 1.54) is 0 Å². The number of carbonyl (C=O) groups is 1. The van der Waals surface area contributed by atoms with E-state index >= 15 is 0 Å². The van der Waals surface area contributed by atoms with Gasteiger partial charge in [0.1, 0.15) is 11.3 Å². The minimum absolute atomic E-state index is 0.101. The van der Waals surface area contributed by atoms with Crippen LogP contribution in [0.5, 0.6) is 0 Å². The standard InChI is InChI=1S/C22H26N4O2/c1-4-24-22(25-13-16-8-7-9-17(12-16)21(27)23-3)26-14-20-15(2)18-10-5-6-11-19(18)28-20/h5-12H,4,13-14H2,1-3H3,(H,23,27)(H2,24,25,26). The second kappa shape index (κ2) is 9.08. The number of nitrogens with one attached hydrogen (secondary N) is 3. The summed E-state index contributed by atoms with van der Waals surface area (Å²) in [4.78, 5) is 16.4. The molecule has 3 N–H and O–H groups in total. The molecule has 1 amide bonds. The number of furan rings is 1. The Morgan fingerprint density at radius 1 is 1.11 bits per heavy atom. The Labute approximate surface area is 165 Å². The van der Waals surface area contributed by atoms with Crippen molar-refractivity contribution in [3.8, 4) is 0 Å². The lowest BCUT2D eigenvalue weighted by Crippen LogP contribution is -2.36. The maximum absolute atomic E-state index is 11.8. The Bertz CT molecular complexity index is 991. The van der Waals surface area contributed by atoms with Crippen LogP contribution in [0.25, 0.3) is 11.0 Å². The molecule has 0 bridgehead atoms. The summed E-state index contributed by atoms with van der Waals surface area (Å²) in [7, 11) is 1.63. The SMILES string of the molecule is CCNC(=NCc1cccc(C(=O)NC)c1)NCc1oc2ccccc2c1C. The average Bonchev–Trinajstić information content (AvgIpc) is 3.05. The van der Waals surface area contributed by atoms with Crippen LogP contribution in [0.1, 0.15) is 34.2 Å². The minimum Gasteiger partial charge on any atom is -0.459 e. The molecule has 0 spiro atoms. The van der Waals surface area contributed by atoms with Gasteiger partial charge in [-0.2, -0.15) is 0 Å². The fraction of sp³-hybridized carbons (Fsp3) is 0.273. The van der Waals surface area contributed by atoms with Crippen molar-refractivity contribution in [2.75, 3.05) is 13.6 Å². The largest absolute Gasteiger partial charge is 0.459 e. The van der Waals surface area contributed by atoms with E-state index in [-0.39, 0.29) is 5.91 Å². The number of fused-ring (bicyclic) bond motifs is 1. The summed E-state index contributed by atoms with van der Waals surface area (Å²) < 4.78 is 5.95. The summed E-state index contributed by atoms with van der Waals surface area (Å²) in [5.74, 6) is 1.50. The van der Waals surface area contributed by atoms with Gasteiger partial charge in [-0.05, 0) is 37.6 Å². The van der Waals surface area contributed by atoms with Gasteiger partial charge in [-0.15, -0.1) is 0 Å². The van der Waals surface area contributed by atoms with Gasteiger partial charge >= 0.3 is 0 Å². The molecule has 0 aliphatic carbocycles. The van der Waals surface area contributed by atoms with Gasteiger partial charge in [-0.3, -0.25) is 4.79 Å². The van der Waals surface area contributed by atoms with Gasteiger partial charge in [0.05, 0.1) is 13.1 Å². The van der Waals surface area contributed by atoms with Gasteiger partial charge in [0, 0.05) is 30.1 Å². The second-order valence-electron chi connectivity index (χ2n) is 6.47. The first-order valence-corrected chi connectivity index (χ1v) is 9.42. The highest BCUT2D eigenvalue weighted by atomic mass is 16.3. The lowest BCUT2D eigenvalue weighted by molar-refractivity contribution is 0.0963. The zero-order valence-electron chi connectivity index (χ0n) is 16.5. The van der Waals surface area contributed by atoms with Crippen molar-refractivity contribution in [2.45, 2.75) is 26.9 Å². The van der Waals surface area contributed by atoms with E-state index in [1.54, 1.807) is 13.1 Å². The van der Waals surface area contributed by atoms with Crippen molar-refractivity contribution >= 4 is 22.8 Å². The van der Waals surface area contributed by atoms with E-state index < -0.39 is 0 Å². The molecule has 6 nitrogen and oxygen atoms in total. The van der Waals surface area contributed by atoms with Crippen LogP contribution in [-0.4, -0.2) is 25.5 Å². The molecule has 6 heteroatoms. The molecule has 0 radical (unpaired) electrons. The highest BCUT2D eigenvalue weighted by Crippen LogP contribution is 2.24. The third-order valence-electron chi connectivity index (χ3n) is 4.54. The minimum atomic E-state index is -0.101. The second-order valence-corrected chi connectivity index (χ2v) is 6.47. The maximum Gasteiger partial charge on any atom is 0.251 e. The first kappa shape index (κ1) is 19.5. The molecule has 0 saturated carbocycles. The predicted octanol–water partition coefficient (Wildman–Crippen LogP) is 3.36. The molecule has 0 saturated heterocycles. The molecule has 1 heterocycles. The fourth-order valence-electron chi connectivity index (χ4n) is 3.02. The van der Waals surface area contributed by atoms with Gasteiger partial charge in [-0.25, -0.2) is 4.99 Å². The number of nitrogens with zero attached hydrogens (tertiary/aromatic N) is 1. The first-order valence-electron chi connectivity index (χ1n) is 9.42. The Morgan fingerprint density at radius 3 is 2.68 bits per heavy atom. The third-order valence-corrected chi connectivity index (χ3v) is 4.54. The zero-order chi connectivity index (χ0) is 19.9. The van der Waals surface area contributed by atoms with Crippen molar-refractivity contribution in [3.05, 3.63) is 71.0 Å². The van der Waals surface area contributed by atoms with Gasteiger partial charge in [0.2, 0.25) is 0 Å². The average molecular weight is 378 g/mol. The van der Waals surface area contributed by atoms with Gasteiger partial charge < -0.3 is 20.4 Å². The van der Waals surface area contributed by atoms with Crippen molar-refractivity contribution in [1.82, 2.24) is 16.0 Å². The molecule has 0 atom stereocenters. The van der Waals surface area contributed by atoms with Gasteiger partial charge in [0.15, 0.2) is 5.96 Å². The molecular formula is C22H26N4O2. The van der Waals surface area contributed by atoms with Crippen LogP contribution < -0.4 is 16.0 Å². The lowest BCUT2D eigenvalue weighted by Gasteiger charge is -2.11. The molecule has 0 aliphatic rings. The Hall–Kier alpha value is -3.28. The number of carbonyl (C=O) groups excluding carboxylic acids is 1. The van der Waals surface area contributed by atoms with Crippen LogP contribution in [0, 0.1) is 6.92 Å². The number of guanidine groups is 1. The Kier molecular flexibility index (Phi) is 6.32. The number of benzene rings is 2. The first-order chi connectivity index (χ1) is 13.6. The molecule has 0 unspecified atom stereocenters. The summed E-state index contributed by atoms with van der Waals surface area (Å²) >= 11 is 0. The summed E-state index contributed by atoms with van der Waals surface area (Å²) in [5, 5.41) is 10.3. The molecular weight excluding hydrogens is 352 g/mol. The van der Waals surface area contributed by atoms with Crippen LogP contribution in [-0.2, 0) is 13.1 Å². The number of rotatable bonds is 6. The van der Waals surface area contributed by atoms with Crippen LogP contribution in [0.15, 0.2) is 57.9 Å². The summed E-state index contributed by atoms with van der Waals surface area (Å²) in [5.41, 5.74) is 3.63. The Morgan fingerprint density at radius 2 is 1.93 bits per heavy atom. The summed E-state index contributed by atoms with van der Waals surface area (Å²) in [6, 6.07) is 15.5. The molecule has 1 aromatic heterocycles. The van der Waals surface area contributed by atoms with Crippen molar-refractivity contribution in [3.63, 3.8) is 0 Å². The zero-order valence-corrected chi connectivity index (χ0v) is 16.5. The number of aryl methyl sites for hydroxylation is 1. The van der Waals surface area contributed by atoms with E-state index in [9.17, 15) is 4.79 Å². The number of amides is 1. The molecule has 146 valence electrons. The van der Waals surface area contributed by atoms with Gasteiger partial charge in [0.25, 0.3) is 5.91 Å². The highest BCUT2D eigenvalue weighted by molar-refractivity contribution is 5.94. The smallest absolute Gasteiger partial charge is 0.251 e. The molecule has 0 aliphatic heterocycles. The van der Waals surface area contributed by atoms with Crippen LogP contribution >= 0.6 is 0 Å². The van der Waals surface area contributed by atoms with Crippen molar-refractivity contribution in [2.24, 2.45) is 4.99 Å². The molecule has 2 aromatic carbocycles. The number of hydrogen-bond acceptors (Lipinski definition) is 3. The monoisotopic (exact) mass is 378 g/mol. The number of aliphatic imine (C=N–C) groups is 1. The van der Waals surface area contributed by atoms with Crippen LogP contribution in [0.4, 0.5) is 0 Å². The number of hydrogen-bond donors (Lipinski definition) is 3.